The molecule has 5 rings (SSSR count). The number of fused-ring (bicyclic) bond motifs is 1. The second kappa shape index (κ2) is 7.52. The van der Waals surface area contributed by atoms with Gasteiger partial charge in [0.1, 0.15) is 11.9 Å². The van der Waals surface area contributed by atoms with Crippen molar-refractivity contribution < 1.29 is 18.7 Å². The molecular weight excluding hydrogens is 358 g/mol. The fourth-order valence-corrected chi connectivity index (χ4v) is 3.51. The van der Waals surface area contributed by atoms with E-state index in [1.807, 2.05) is 42.5 Å². The fourth-order valence-electron chi connectivity index (χ4n) is 3.51. The molecule has 0 unspecified atom stereocenters. The first-order chi connectivity index (χ1) is 13.8. The minimum absolute atomic E-state index is 0.207. The van der Waals surface area contributed by atoms with Crippen LogP contribution in [-0.2, 0) is 6.42 Å². The standard InChI is InChI=1S/C21H21N3O4/c1-2-4-17(27-15-7-9-22-10-8-15)16(3-1)21-23-20(24-28-21)12-14-5-6-18-19(11-14)26-13-25-18/h1-6,11,15,22H,7-10,12-13H2. The van der Waals surface area contributed by atoms with Crippen LogP contribution in [0.2, 0.25) is 0 Å². The number of ether oxygens (including phenoxy) is 3. The normalized spacial score (nSPS) is 16.3. The smallest absolute Gasteiger partial charge is 0.261 e. The molecule has 2 aliphatic rings. The molecule has 1 fully saturated rings. The Morgan fingerprint density at radius 1 is 1.04 bits per heavy atom. The van der Waals surface area contributed by atoms with Gasteiger partial charge in [0.25, 0.3) is 5.89 Å². The van der Waals surface area contributed by atoms with Gasteiger partial charge in [-0.3, -0.25) is 0 Å². The molecule has 2 aromatic carbocycles. The summed E-state index contributed by atoms with van der Waals surface area (Å²) in [6.07, 6.45) is 2.75. The van der Waals surface area contributed by atoms with E-state index < -0.39 is 0 Å². The van der Waals surface area contributed by atoms with Crippen molar-refractivity contribution in [2.75, 3.05) is 19.9 Å². The molecule has 0 aliphatic carbocycles. The van der Waals surface area contributed by atoms with Crippen molar-refractivity contribution in [1.29, 1.82) is 0 Å². The van der Waals surface area contributed by atoms with Crippen LogP contribution in [0.4, 0.5) is 0 Å². The number of aromatic nitrogens is 2. The Morgan fingerprint density at radius 2 is 1.89 bits per heavy atom. The van der Waals surface area contributed by atoms with Crippen LogP contribution in [0.25, 0.3) is 11.5 Å². The monoisotopic (exact) mass is 379 g/mol. The third kappa shape index (κ3) is 3.53. The Labute approximate surface area is 162 Å². The van der Waals surface area contributed by atoms with Crippen LogP contribution in [0.1, 0.15) is 24.2 Å². The van der Waals surface area contributed by atoms with Crippen molar-refractivity contribution in [2.45, 2.75) is 25.4 Å². The van der Waals surface area contributed by atoms with E-state index in [1.54, 1.807) is 0 Å². The zero-order chi connectivity index (χ0) is 18.8. The van der Waals surface area contributed by atoms with Crippen molar-refractivity contribution in [3.63, 3.8) is 0 Å². The molecule has 0 amide bonds. The molecule has 0 radical (unpaired) electrons. The molecule has 28 heavy (non-hydrogen) atoms. The maximum Gasteiger partial charge on any atom is 0.261 e. The minimum atomic E-state index is 0.207. The Balaban J connectivity index is 1.34. The van der Waals surface area contributed by atoms with E-state index in [0.717, 1.165) is 54.3 Å². The van der Waals surface area contributed by atoms with Crippen LogP contribution >= 0.6 is 0 Å². The van der Waals surface area contributed by atoms with Crippen molar-refractivity contribution in [1.82, 2.24) is 15.5 Å². The van der Waals surface area contributed by atoms with Crippen molar-refractivity contribution >= 4 is 0 Å². The zero-order valence-electron chi connectivity index (χ0n) is 15.4. The Kier molecular flexibility index (Phi) is 4.58. The Morgan fingerprint density at radius 3 is 2.82 bits per heavy atom. The van der Waals surface area contributed by atoms with Crippen molar-refractivity contribution in [2.24, 2.45) is 0 Å². The predicted octanol–water partition coefficient (Wildman–Crippen LogP) is 3.19. The largest absolute Gasteiger partial charge is 0.489 e. The fraction of sp³-hybridized carbons (Fsp3) is 0.333. The second-order valence-electron chi connectivity index (χ2n) is 6.94. The van der Waals surface area contributed by atoms with Gasteiger partial charge in [-0.25, -0.2) is 0 Å². The van der Waals surface area contributed by atoms with E-state index >= 15 is 0 Å². The van der Waals surface area contributed by atoms with Gasteiger partial charge in [0, 0.05) is 6.42 Å². The van der Waals surface area contributed by atoms with E-state index in [1.165, 1.54) is 0 Å². The Hall–Kier alpha value is -3.06. The molecule has 7 nitrogen and oxygen atoms in total. The summed E-state index contributed by atoms with van der Waals surface area (Å²) in [4.78, 5) is 4.58. The van der Waals surface area contributed by atoms with E-state index in [9.17, 15) is 0 Å². The molecule has 0 saturated carbocycles. The van der Waals surface area contributed by atoms with Crippen LogP contribution in [0.5, 0.6) is 17.2 Å². The van der Waals surface area contributed by atoms with Crippen molar-refractivity contribution in [3.8, 4) is 28.7 Å². The Bertz CT molecular complexity index is 966. The van der Waals surface area contributed by atoms with Gasteiger partial charge in [-0.2, -0.15) is 4.98 Å². The number of nitrogens with one attached hydrogen (secondary N) is 1. The maximum atomic E-state index is 6.22. The van der Waals surface area contributed by atoms with Gasteiger partial charge in [-0.05, 0) is 55.8 Å². The lowest BCUT2D eigenvalue weighted by Gasteiger charge is -2.24. The molecule has 2 aliphatic heterocycles. The first-order valence-corrected chi connectivity index (χ1v) is 9.53. The van der Waals surface area contributed by atoms with E-state index in [2.05, 4.69) is 15.5 Å². The third-order valence-electron chi connectivity index (χ3n) is 4.96. The van der Waals surface area contributed by atoms with Gasteiger partial charge < -0.3 is 24.1 Å². The average Bonchev–Trinajstić information content (AvgIpc) is 3.38. The van der Waals surface area contributed by atoms with Crippen LogP contribution in [0.15, 0.2) is 47.0 Å². The van der Waals surface area contributed by atoms with Gasteiger partial charge in [0.2, 0.25) is 6.79 Å². The number of hydrogen-bond donors (Lipinski definition) is 1. The molecule has 1 N–H and O–H groups in total. The molecule has 3 aromatic rings. The van der Waals surface area contributed by atoms with Gasteiger partial charge in [-0.15, -0.1) is 0 Å². The minimum Gasteiger partial charge on any atom is -0.489 e. The summed E-state index contributed by atoms with van der Waals surface area (Å²) in [5.74, 6) is 3.39. The lowest BCUT2D eigenvalue weighted by atomic mass is 10.1. The summed E-state index contributed by atoms with van der Waals surface area (Å²) < 4.78 is 22.5. The lowest BCUT2D eigenvalue weighted by Crippen LogP contribution is -2.34. The highest BCUT2D eigenvalue weighted by Gasteiger charge is 2.20. The van der Waals surface area contributed by atoms with Gasteiger partial charge in [0.15, 0.2) is 17.3 Å². The molecule has 0 spiro atoms. The molecule has 0 bridgehead atoms. The summed E-state index contributed by atoms with van der Waals surface area (Å²) >= 11 is 0. The summed E-state index contributed by atoms with van der Waals surface area (Å²) in [5.41, 5.74) is 1.86. The molecule has 144 valence electrons. The number of rotatable bonds is 5. The number of benzene rings is 2. The molecule has 1 aromatic heterocycles. The van der Waals surface area contributed by atoms with E-state index in [0.29, 0.717) is 18.1 Å². The van der Waals surface area contributed by atoms with Crippen molar-refractivity contribution in [3.05, 3.63) is 53.9 Å². The first-order valence-electron chi connectivity index (χ1n) is 9.53. The zero-order valence-corrected chi connectivity index (χ0v) is 15.4. The second-order valence-corrected chi connectivity index (χ2v) is 6.94. The average molecular weight is 379 g/mol. The molecule has 0 atom stereocenters. The van der Waals surface area contributed by atoms with Crippen LogP contribution in [0, 0.1) is 0 Å². The number of hydrogen-bond acceptors (Lipinski definition) is 7. The first kappa shape index (κ1) is 17.1. The highest BCUT2D eigenvalue weighted by Crippen LogP contribution is 2.34. The molecular formula is C21H21N3O4. The molecule has 1 saturated heterocycles. The highest BCUT2D eigenvalue weighted by atomic mass is 16.7. The van der Waals surface area contributed by atoms with Gasteiger partial charge in [-0.1, -0.05) is 23.4 Å². The summed E-state index contributed by atoms with van der Waals surface area (Å²) in [6, 6.07) is 13.7. The lowest BCUT2D eigenvalue weighted by molar-refractivity contribution is 0.163. The summed E-state index contributed by atoms with van der Waals surface area (Å²) in [5, 5.41) is 7.50. The van der Waals surface area contributed by atoms with E-state index in [4.69, 9.17) is 18.7 Å². The topological polar surface area (TPSA) is 78.6 Å². The number of piperidine rings is 1. The maximum absolute atomic E-state index is 6.22. The van der Waals surface area contributed by atoms with Crippen LogP contribution in [0.3, 0.4) is 0 Å². The number of nitrogens with zero attached hydrogens (tertiary/aromatic N) is 2. The van der Waals surface area contributed by atoms with Crippen LogP contribution < -0.4 is 19.5 Å². The predicted molar refractivity (Wildman–Crippen MR) is 102 cm³/mol. The summed E-state index contributed by atoms with van der Waals surface area (Å²) in [6.45, 7) is 2.22. The number of para-hydroxylation sites is 1. The third-order valence-corrected chi connectivity index (χ3v) is 4.96. The van der Waals surface area contributed by atoms with E-state index in [-0.39, 0.29) is 12.9 Å². The quantitative estimate of drug-likeness (QED) is 0.729. The van der Waals surface area contributed by atoms with Crippen LogP contribution in [-0.4, -0.2) is 36.1 Å². The SMILES string of the molecule is c1ccc(-c2nc(Cc3ccc4c(c3)OCO4)no2)c(OC2CCNCC2)c1. The van der Waals surface area contributed by atoms with Gasteiger partial charge >= 0.3 is 0 Å². The molecule has 3 heterocycles. The highest BCUT2D eigenvalue weighted by molar-refractivity contribution is 5.62. The summed E-state index contributed by atoms with van der Waals surface area (Å²) in [7, 11) is 0. The molecule has 7 heteroatoms. The van der Waals surface area contributed by atoms with Gasteiger partial charge in [0.05, 0.1) is 5.56 Å².